The molecular weight excluding hydrogens is 496 g/mol. The largest absolute Gasteiger partial charge is 0.716 e. The van der Waals surface area contributed by atoms with Gasteiger partial charge in [-0.25, -0.2) is 8.42 Å². The number of rotatable bonds is 3. The first-order valence-corrected chi connectivity index (χ1v) is 10.1. The number of ether oxygens (including phenoxy) is 1. The SMILES string of the molecule is CC1(Br)C(=O)c2cc(OS(=O)(=O)[O-])ccc2OC1c1ccc(O)c(Br)c1. The number of alkyl halides is 1. The second-order valence-electron chi connectivity index (χ2n) is 5.76. The Kier molecular flexibility index (Phi) is 4.80. The summed E-state index contributed by atoms with van der Waals surface area (Å²) >= 11 is 6.61. The van der Waals surface area contributed by atoms with Crippen LogP contribution in [0.25, 0.3) is 0 Å². The molecule has 7 nitrogen and oxygen atoms in total. The highest BCUT2D eigenvalue weighted by Gasteiger charge is 2.47. The molecule has 1 aliphatic heterocycles. The molecule has 1 aliphatic rings. The lowest BCUT2D eigenvalue weighted by atomic mass is 9.86. The summed E-state index contributed by atoms with van der Waals surface area (Å²) in [6, 6.07) is 8.47. The summed E-state index contributed by atoms with van der Waals surface area (Å²) in [5, 5.41) is 9.65. The summed E-state index contributed by atoms with van der Waals surface area (Å²) in [7, 11) is -4.96. The first-order valence-electron chi connectivity index (χ1n) is 7.17. The molecule has 2 unspecified atom stereocenters. The van der Waals surface area contributed by atoms with Crippen molar-refractivity contribution in [3.63, 3.8) is 0 Å². The number of hydrogen-bond acceptors (Lipinski definition) is 7. The Bertz CT molecular complexity index is 1000. The molecule has 0 aromatic heterocycles. The fraction of sp³-hybridized carbons (Fsp3) is 0.188. The summed E-state index contributed by atoms with van der Waals surface area (Å²) in [5.74, 6) is -0.378. The number of benzene rings is 2. The average Bonchev–Trinajstić information content (AvgIpc) is 2.53. The number of halogens is 2. The molecule has 26 heavy (non-hydrogen) atoms. The van der Waals surface area contributed by atoms with Crippen LogP contribution in [0.4, 0.5) is 0 Å². The van der Waals surface area contributed by atoms with Crippen molar-refractivity contribution in [3.05, 3.63) is 52.0 Å². The van der Waals surface area contributed by atoms with E-state index in [9.17, 15) is 22.9 Å². The highest BCUT2D eigenvalue weighted by Crippen LogP contribution is 2.47. The maximum atomic E-state index is 12.9. The van der Waals surface area contributed by atoms with Crippen molar-refractivity contribution >= 4 is 48.0 Å². The van der Waals surface area contributed by atoms with Gasteiger partial charge in [-0.3, -0.25) is 4.79 Å². The number of carbonyl (C=O) groups excluding carboxylic acids is 1. The van der Waals surface area contributed by atoms with Gasteiger partial charge in [-0.05, 0) is 58.7 Å². The summed E-state index contributed by atoms with van der Waals surface area (Å²) in [5.41, 5.74) is 0.718. The molecule has 2 aromatic carbocycles. The van der Waals surface area contributed by atoms with Gasteiger partial charge in [0, 0.05) is 0 Å². The summed E-state index contributed by atoms with van der Waals surface area (Å²) in [6.45, 7) is 1.61. The van der Waals surface area contributed by atoms with Gasteiger partial charge in [0.1, 0.15) is 27.7 Å². The van der Waals surface area contributed by atoms with Crippen LogP contribution >= 0.6 is 31.9 Å². The zero-order valence-corrected chi connectivity index (χ0v) is 17.1. The zero-order chi connectivity index (χ0) is 19.3. The van der Waals surface area contributed by atoms with E-state index in [4.69, 9.17) is 4.74 Å². The molecule has 0 radical (unpaired) electrons. The molecule has 138 valence electrons. The van der Waals surface area contributed by atoms with E-state index in [1.54, 1.807) is 19.1 Å². The topological polar surface area (TPSA) is 113 Å². The van der Waals surface area contributed by atoms with Gasteiger partial charge in [0.15, 0.2) is 5.78 Å². The highest BCUT2D eigenvalue weighted by atomic mass is 79.9. The van der Waals surface area contributed by atoms with Gasteiger partial charge in [0.25, 0.3) is 10.4 Å². The molecule has 3 rings (SSSR count). The maximum absolute atomic E-state index is 12.9. The number of aromatic hydroxyl groups is 1. The number of phenols is 1. The quantitative estimate of drug-likeness (QED) is 0.385. The molecule has 2 atom stereocenters. The molecule has 0 aliphatic carbocycles. The van der Waals surface area contributed by atoms with Crippen LogP contribution in [0.5, 0.6) is 17.2 Å². The monoisotopic (exact) mass is 505 g/mol. The van der Waals surface area contributed by atoms with Gasteiger partial charge >= 0.3 is 0 Å². The Balaban J connectivity index is 2.05. The third-order valence-corrected chi connectivity index (χ3v) is 5.66. The van der Waals surface area contributed by atoms with E-state index in [1.807, 2.05) is 0 Å². The fourth-order valence-electron chi connectivity index (χ4n) is 2.65. The van der Waals surface area contributed by atoms with Crippen molar-refractivity contribution in [1.29, 1.82) is 0 Å². The van der Waals surface area contributed by atoms with Crippen molar-refractivity contribution in [3.8, 4) is 17.2 Å². The van der Waals surface area contributed by atoms with E-state index in [-0.39, 0.29) is 28.6 Å². The van der Waals surface area contributed by atoms with E-state index >= 15 is 0 Å². The standard InChI is InChI=1S/C16H12Br2O7S/c1-16(18)14(20)10-7-9(25-26(21,22)23)3-5-13(10)24-15(16)8-2-4-12(19)11(17)6-8/h2-7,15,19H,1H3,(H,21,22,23)/p-1. The van der Waals surface area contributed by atoms with Crippen LogP contribution in [0.15, 0.2) is 40.9 Å². The molecule has 0 spiro atoms. The maximum Gasteiger partial charge on any atom is 0.262 e. The van der Waals surface area contributed by atoms with E-state index in [2.05, 4.69) is 36.0 Å². The minimum atomic E-state index is -4.96. The Morgan fingerprint density at radius 2 is 1.96 bits per heavy atom. The van der Waals surface area contributed by atoms with E-state index in [0.717, 1.165) is 6.07 Å². The van der Waals surface area contributed by atoms with Gasteiger partial charge in [0.05, 0.1) is 10.0 Å². The highest BCUT2D eigenvalue weighted by molar-refractivity contribution is 9.10. The number of carbonyl (C=O) groups is 1. The van der Waals surface area contributed by atoms with Crippen molar-refractivity contribution < 1.29 is 31.8 Å². The zero-order valence-electron chi connectivity index (χ0n) is 13.1. The Labute approximate surface area is 166 Å². The Hall–Kier alpha value is -1.62. The third kappa shape index (κ3) is 3.59. The van der Waals surface area contributed by atoms with Gasteiger partial charge in [-0.1, -0.05) is 22.0 Å². The molecule has 0 saturated heterocycles. The molecule has 2 aromatic rings. The van der Waals surface area contributed by atoms with Crippen LogP contribution < -0.4 is 8.92 Å². The molecule has 1 N–H and O–H groups in total. The molecule has 0 bridgehead atoms. The van der Waals surface area contributed by atoms with Crippen LogP contribution in [0.3, 0.4) is 0 Å². The Morgan fingerprint density at radius 1 is 1.27 bits per heavy atom. The van der Waals surface area contributed by atoms with Gasteiger partial charge < -0.3 is 18.6 Å². The van der Waals surface area contributed by atoms with E-state index in [1.165, 1.54) is 18.2 Å². The van der Waals surface area contributed by atoms with Crippen molar-refractivity contribution in [2.75, 3.05) is 0 Å². The van der Waals surface area contributed by atoms with Crippen LogP contribution in [-0.2, 0) is 10.4 Å². The predicted octanol–water partition coefficient (Wildman–Crippen LogP) is 3.46. The van der Waals surface area contributed by atoms with Crippen molar-refractivity contribution in [2.24, 2.45) is 0 Å². The molecule has 0 fully saturated rings. The van der Waals surface area contributed by atoms with Crippen molar-refractivity contribution in [2.45, 2.75) is 17.4 Å². The van der Waals surface area contributed by atoms with Crippen LogP contribution in [0.2, 0.25) is 0 Å². The Morgan fingerprint density at radius 3 is 2.58 bits per heavy atom. The van der Waals surface area contributed by atoms with Crippen LogP contribution in [-0.4, -0.2) is 28.2 Å². The average molecular weight is 507 g/mol. The van der Waals surface area contributed by atoms with E-state index < -0.39 is 20.8 Å². The predicted molar refractivity (Wildman–Crippen MR) is 97.6 cm³/mol. The van der Waals surface area contributed by atoms with Crippen LogP contribution in [0.1, 0.15) is 28.9 Å². The number of phenolic OH excluding ortho intramolecular Hbond substituents is 1. The number of fused-ring (bicyclic) bond motifs is 1. The summed E-state index contributed by atoms with van der Waals surface area (Å²) in [6.07, 6.45) is -0.714. The smallest absolute Gasteiger partial charge is 0.262 e. The third-order valence-electron chi connectivity index (χ3n) is 3.85. The lowest BCUT2D eigenvalue weighted by molar-refractivity contribution is 0.0765. The normalized spacial score (nSPS) is 22.5. The lowest BCUT2D eigenvalue weighted by Crippen LogP contribution is -2.42. The number of Topliss-reactive ketones (excluding diaryl/α,β-unsaturated/α-hetero) is 1. The molecule has 10 heteroatoms. The lowest BCUT2D eigenvalue weighted by Gasteiger charge is -2.37. The van der Waals surface area contributed by atoms with Gasteiger partial charge in [-0.15, -0.1) is 0 Å². The van der Waals surface area contributed by atoms with Gasteiger partial charge in [0.2, 0.25) is 0 Å². The minimum absolute atomic E-state index is 0.0492. The second-order valence-corrected chi connectivity index (χ2v) is 9.25. The van der Waals surface area contributed by atoms with Gasteiger partial charge in [-0.2, -0.15) is 0 Å². The molecule has 0 amide bonds. The molecular formula is C16H11Br2O7S-. The minimum Gasteiger partial charge on any atom is -0.716 e. The number of ketones is 1. The second kappa shape index (κ2) is 6.52. The first-order chi connectivity index (χ1) is 12.0. The van der Waals surface area contributed by atoms with E-state index in [0.29, 0.717) is 10.0 Å². The fourth-order valence-corrected chi connectivity index (χ4v) is 3.95. The van der Waals surface area contributed by atoms with Crippen molar-refractivity contribution in [1.82, 2.24) is 0 Å². The summed E-state index contributed by atoms with van der Waals surface area (Å²) in [4.78, 5) is 12.9. The first kappa shape index (κ1) is 19.2. The number of hydrogen-bond donors (Lipinski definition) is 1. The van der Waals surface area contributed by atoms with Crippen LogP contribution in [0, 0.1) is 0 Å². The summed E-state index contributed by atoms with van der Waals surface area (Å²) < 4.78 is 41.7. The molecule has 0 saturated carbocycles. The molecule has 1 heterocycles.